The lowest BCUT2D eigenvalue weighted by Gasteiger charge is -2.52. The molecule has 0 unspecified atom stereocenters. The van der Waals surface area contributed by atoms with Crippen LogP contribution in [0.2, 0.25) is 5.02 Å². The Balaban J connectivity index is 1.56. The fraction of sp³-hybridized carbons (Fsp3) is 0.478. The molecule has 3 atom stereocenters. The summed E-state index contributed by atoms with van der Waals surface area (Å²) in [5.41, 5.74) is 2.76. The molecule has 2 aliphatic rings. The molecular formula is C23H28ClNOS. The van der Waals surface area contributed by atoms with Crippen molar-refractivity contribution < 1.29 is 4.74 Å². The lowest BCUT2D eigenvalue weighted by molar-refractivity contribution is 0.186. The van der Waals surface area contributed by atoms with E-state index in [0.29, 0.717) is 12.0 Å². The molecule has 0 spiro atoms. The minimum absolute atomic E-state index is 0.141. The van der Waals surface area contributed by atoms with Crippen LogP contribution < -0.4 is 10.1 Å². The maximum absolute atomic E-state index is 6.30. The number of rotatable bonds is 3. The monoisotopic (exact) mass is 401 g/mol. The quantitative estimate of drug-likeness (QED) is 0.612. The van der Waals surface area contributed by atoms with Crippen LogP contribution in [0, 0.1) is 5.92 Å². The summed E-state index contributed by atoms with van der Waals surface area (Å²) in [7, 11) is 1.71. The van der Waals surface area contributed by atoms with E-state index in [1.165, 1.54) is 35.4 Å². The summed E-state index contributed by atoms with van der Waals surface area (Å²) in [6.45, 7) is 7.20. The molecule has 1 aliphatic carbocycles. The average Bonchev–Trinajstić information content (AvgIpc) is 2.63. The van der Waals surface area contributed by atoms with E-state index in [4.69, 9.17) is 16.3 Å². The van der Waals surface area contributed by atoms with Crippen LogP contribution in [0.3, 0.4) is 0 Å². The summed E-state index contributed by atoms with van der Waals surface area (Å²) < 4.78 is 5.53. The first kappa shape index (κ1) is 19.0. The van der Waals surface area contributed by atoms with Gasteiger partial charge in [0.2, 0.25) is 0 Å². The summed E-state index contributed by atoms with van der Waals surface area (Å²) in [6, 6.07) is 15.3. The number of halogens is 1. The maximum Gasteiger partial charge on any atom is 0.118 e. The van der Waals surface area contributed by atoms with Gasteiger partial charge in [-0.3, -0.25) is 0 Å². The van der Waals surface area contributed by atoms with Crippen molar-refractivity contribution in [2.24, 2.45) is 5.92 Å². The molecule has 2 nitrogen and oxygen atoms in total. The molecule has 4 rings (SSSR count). The number of ether oxygens (including phenoxy) is 1. The summed E-state index contributed by atoms with van der Waals surface area (Å²) in [6.07, 6.45) is 3.63. The van der Waals surface area contributed by atoms with Gasteiger partial charge in [-0.2, -0.15) is 0 Å². The van der Waals surface area contributed by atoms with Crippen molar-refractivity contribution in [1.29, 1.82) is 0 Å². The van der Waals surface area contributed by atoms with Gasteiger partial charge in [0.05, 0.1) is 7.11 Å². The molecule has 4 heteroatoms. The Kier molecular flexibility index (Phi) is 4.88. The minimum atomic E-state index is 0.141. The second-order valence-electron chi connectivity index (χ2n) is 8.74. The van der Waals surface area contributed by atoms with E-state index in [-0.39, 0.29) is 10.2 Å². The molecule has 2 aromatic carbocycles. The van der Waals surface area contributed by atoms with Crippen LogP contribution in [0.4, 0.5) is 5.69 Å². The van der Waals surface area contributed by atoms with Crippen LogP contribution in [0.5, 0.6) is 5.75 Å². The lowest BCUT2D eigenvalue weighted by Crippen LogP contribution is -2.52. The molecule has 1 heterocycles. The zero-order valence-corrected chi connectivity index (χ0v) is 18.1. The van der Waals surface area contributed by atoms with Gasteiger partial charge in [-0.25, -0.2) is 0 Å². The van der Waals surface area contributed by atoms with Crippen molar-refractivity contribution in [2.45, 2.75) is 61.1 Å². The van der Waals surface area contributed by atoms with Crippen LogP contribution >= 0.6 is 23.4 Å². The highest BCUT2D eigenvalue weighted by atomic mass is 35.5. The molecule has 0 radical (unpaired) electrons. The largest absolute Gasteiger partial charge is 0.497 e. The first-order valence-electron chi connectivity index (χ1n) is 9.70. The third kappa shape index (κ3) is 3.56. The predicted molar refractivity (Wildman–Crippen MR) is 116 cm³/mol. The Hall–Kier alpha value is -1.32. The zero-order valence-electron chi connectivity index (χ0n) is 16.5. The van der Waals surface area contributed by atoms with Crippen LogP contribution in [0.25, 0.3) is 0 Å². The van der Waals surface area contributed by atoms with Crippen LogP contribution in [0.15, 0.2) is 47.4 Å². The van der Waals surface area contributed by atoms with Crippen LogP contribution in [-0.4, -0.2) is 17.9 Å². The van der Waals surface area contributed by atoms with Gasteiger partial charge in [-0.1, -0.05) is 32.4 Å². The summed E-state index contributed by atoms with van der Waals surface area (Å²) in [5.74, 6) is 1.55. The van der Waals surface area contributed by atoms with Crippen LogP contribution in [0.1, 0.15) is 45.6 Å². The number of hydrogen-bond donors (Lipinski definition) is 1. The van der Waals surface area contributed by atoms with E-state index in [0.717, 1.165) is 10.8 Å². The van der Waals surface area contributed by atoms with Crippen molar-refractivity contribution >= 4 is 29.1 Å². The maximum atomic E-state index is 6.30. The van der Waals surface area contributed by atoms with E-state index in [1.54, 1.807) is 7.11 Å². The first-order chi connectivity index (χ1) is 12.8. The molecule has 0 saturated heterocycles. The van der Waals surface area contributed by atoms with Crippen molar-refractivity contribution in [3.8, 4) is 5.75 Å². The fourth-order valence-electron chi connectivity index (χ4n) is 4.98. The third-order valence-corrected chi connectivity index (χ3v) is 8.10. The molecule has 0 amide bonds. The SMILES string of the molecule is COc1ccc(S[C@@]2(C)CC[C@H]3[C@H](C2)Nc2ccc(Cl)cc2C3(C)C)cc1. The third-order valence-electron chi connectivity index (χ3n) is 6.49. The summed E-state index contributed by atoms with van der Waals surface area (Å²) in [4.78, 5) is 1.32. The van der Waals surface area contributed by atoms with Gasteiger partial charge in [0, 0.05) is 26.4 Å². The van der Waals surface area contributed by atoms with Crippen molar-refractivity contribution in [1.82, 2.24) is 0 Å². The highest BCUT2D eigenvalue weighted by Gasteiger charge is 2.48. The van der Waals surface area contributed by atoms with Crippen molar-refractivity contribution in [3.63, 3.8) is 0 Å². The number of methoxy groups -OCH3 is 1. The highest BCUT2D eigenvalue weighted by Crippen LogP contribution is 2.54. The molecular weight excluding hydrogens is 374 g/mol. The molecule has 1 fully saturated rings. The van der Waals surface area contributed by atoms with E-state index in [2.05, 4.69) is 62.5 Å². The molecule has 2 aromatic rings. The van der Waals surface area contributed by atoms with E-state index in [1.807, 2.05) is 17.8 Å². The Bertz CT molecular complexity index is 835. The Labute approximate surface area is 172 Å². The van der Waals surface area contributed by atoms with E-state index < -0.39 is 0 Å². The van der Waals surface area contributed by atoms with Gasteiger partial charge in [0.25, 0.3) is 0 Å². The van der Waals surface area contributed by atoms with Gasteiger partial charge in [-0.05, 0) is 78.6 Å². The second-order valence-corrected chi connectivity index (χ2v) is 10.8. The number of nitrogens with one attached hydrogen (secondary N) is 1. The normalized spacial score (nSPS) is 28.6. The predicted octanol–water partition coefficient (Wildman–Crippen LogP) is 6.77. The lowest BCUT2D eigenvalue weighted by atomic mass is 9.61. The molecule has 1 saturated carbocycles. The number of thioether (sulfide) groups is 1. The number of benzene rings is 2. The van der Waals surface area contributed by atoms with Gasteiger partial charge >= 0.3 is 0 Å². The smallest absolute Gasteiger partial charge is 0.118 e. The van der Waals surface area contributed by atoms with Crippen molar-refractivity contribution in [2.75, 3.05) is 12.4 Å². The molecule has 144 valence electrons. The molecule has 0 bridgehead atoms. The zero-order chi connectivity index (χ0) is 19.2. The molecule has 27 heavy (non-hydrogen) atoms. The van der Waals surface area contributed by atoms with Crippen LogP contribution in [-0.2, 0) is 5.41 Å². The second kappa shape index (κ2) is 6.93. The van der Waals surface area contributed by atoms with E-state index >= 15 is 0 Å². The van der Waals surface area contributed by atoms with Gasteiger partial charge in [0.1, 0.15) is 5.75 Å². The van der Waals surface area contributed by atoms with Crippen molar-refractivity contribution in [3.05, 3.63) is 53.1 Å². The Morgan fingerprint density at radius 3 is 2.56 bits per heavy atom. The number of anilines is 1. The van der Waals surface area contributed by atoms with Gasteiger partial charge in [-0.15, -0.1) is 11.8 Å². The highest BCUT2D eigenvalue weighted by molar-refractivity contribution is 8.00. The Morgan fingerprint density at radius 1 is 1.11 bits per heavy atom. The first-order valence-corrected chi connectivity index (χ1v) is 10.9. The fourth-order valence-corrected chi connectivity index (χ4v) is 6.48. The number of fused-ring (bicyclic) bond motifs is 2. The number of hydrogen-bond acceptors (Lipinski definition) is 3. The summed E-state index contributed by atoms with van der Waals surface area (Å²) in [5, 5.41) is 4.68. The minimum Gasteiger partial charge on any atom is -0.497 e. The Morgan fingerprint density at radius 2 is 1.85 bits per heavy atom. The van der Waals surface area contributed by atoms with Gasteiger partial charge < -0.3 is 10.1 Å². The van der Waals surface area contributed by atoms with E-state index in [9.17, 15) is 0 Å². The average molecular weight is 402 g/mol. The topological polar surface area (TPSA) is 21.3 Å². The molecule has 1 aliphatic heterocycles. The summed E-state index contributed by atoms with van der Waals surface area (Å²) >= 11 is 8.31. The standard InChI is InChI=1S/C23H28ClNOS/c1-22(2)18-11-12-23(3,27-17-8-6-16(26-4)7-9-17)14-21(18)25-20-10-5-15(24)13-19(20)22/h5-10,13,18,21,25H,11-12,14H2,1-4H3/t18-,21-,23-/m0/s1. The van der Waals surface area contributed by atoms with Gasteiger partial charge in [0.15, 0.2) is 0 Å². The molecule has 1 N–H and O–H groups in total. The molecule has 0 aromatic heterocycles.